The average molecular weight is 473 g/mol. The van der Waals surface area contributed by atoms with Crippen LogP contribution in [-0.4, -0.2) is 31.1 Å². The number of thiophene rings is 1. The van der Waals surface area contributed by atoms with Crippen molar-refractivity contribution in [2.24, 2.45) is 0 Å². The number of ether oxygens (including phenoxy) is 1. The second-order valence-corrected chi connectivity index (χ2v) is 9.52. The lowest BCUT2D eigenvalue weighted by Gasteiger charge is -2.12. The molecule has 1 aliphatic carbocycles. The molecule has 3 heterocycles. The Morgan fingerprint density at radius 3 is 2.84 bits per heavy atom. The molecule has 0 bridgehead atoms. The zero-order chi connectivity index (χ0) is 22.2. The third-order valence-corrected chi connectivity index (χ3v) is 7.25. The van der Waals surface area contributed by atoms with Crippen LogP contribution >= 0.6 is 22.9 Å². The molecule has 3 aromatic rings. The third kappa shape index (κ3) is 4.05. The number of hydrogen-bond donors (Lipinski definition) is 2. The fraction of sp³-hybridized carbons (Fsp3) is 0.348. The number of hydrogen-bond acceptors (Lipinski definition) is 6. The first-order valence-corrected chi connectivity index (χ1v) is 11.8. The van der Waals surface area contributed by atoms with E-state index in [1.165, 1.54) is 17.4 Å². The van der Waals surface area contributed by atoms with Crippen LogP contribution in [0.3, 0.4) is 0 Å². The number of amides is 2. The highest BCUT2D eigenvalue weighted by Crippen LogP contribution is 2.39. The van der Waals surface area contributed by atoms with Crippen molar-refractivity contribution in [2.75, 3.05) is 18.5 Å². The van der Waals surface area contributed by atoms with Gasteiger partial charge in [-0.05, 0) is 55.9 Å². The van der Waals surface area contributed by atoms with E-state index < -0.39 is 5.91 Å². The summed E-state index contributed by atoms with van der Waals surface area (Å²) in [5, 5.41) is 6.94. The summed E-state index contributed by atoms with van der Waals surface area (Å²) in [6.45, 7) is 1.16. The normalized spacial score (nSPS) is 17.5. The first kappa shape index (κ1) is 21.2. The lowest BCUT2D eigenvalue weighted by molar-refractivity contribution is 0.0858. The Balaban J connectivity index is 1.41. The molecule has 9 heteroatoms. The molecule has 1 fully saturated rings. The van der Waals surface area contributed by atoms with E-state index in [4.69, 9.17) is 20.8 Å². The number of anilines is 1. The number of rotatable bonds is 5. The molecule has 1 aromatic carbocycles. The van der Waals surface area contributed by atoms with Crippen LogP contribution < -0.4 is 16.1 Å². The summed E-state index contributed by atoms with van der Waals surface area (Å²) in [6.07, 6.45) is 4.63. The van der Waals surface area contributed by atoms with Crippen molar-refractivity contribution in [3.8, 4) is 0 Å². The van der Waals surface area contributed by atoms with Crippen molar-refractivity contribution >= 4 is 50.7 Å². The summed E-state index contributed by atoms with van der Waals surface area (Å²) in [5.74, 6) is -0.916. The maximum atomic E-state index is 13.0. The van der Waals surface area contributed by atoms with Crippen LogP contribution in [0.1, 0.15) is 50.6 Å². The van der Waals surface area contributed by atoms with Crippen LogP contribution in [0.2, 0.25) is 5.02 Å². The van der Waals surface area contributed by atoms with E-state index in [0.717, 1.165) is 55.2 Å². The molecule has 1 unspecified atom stereocenters. The first-order valence-electron chi connectivity index (χ1n) is 10.6. The molecule has 2 amide bonds. The van der Waals surface area contributed by atoms with Crippen molar-refractivity contribution in [1.82, 2.24) is 5.32 Å². The molecule has 2 aliphatic rings. The molecule has 1 atom stereocenters. The summed E-state index contributed by atoms with van der Waals surface area (Å²) in [5.41, 5.74) is 1.41. The Morgan fingerprint density at radius 2 is 2.03 bits per heavy atom. The fourth-order valence-electron chi connectivity index (χ4n) is 4.24. The Labute approximate surface area is 192 Å². The van der Waals surface area contributed by atoms with Crippen molar-refractivity contribution in [3.05, 3.63) is 61.3 Å². The third-order valence-electron chi connectivity index (χ3n) is 5.80. The number of aryl methyl sites for hydroxylation is 1. The molecule has 2 N–H and O–H groups in total. The quantitative estimate of drug-likeness (QED) is 0.581. The minimum atomic E-state index is -0.577. The van der Waals surface area contributed by atoms with E-state index >= 15 is 0 Å². The van der Waals surface area contributed by atoms with Crippen LogP contribution in [0.5, 0.6) is 0 Å². The van der Waals surface area contributed by atoms with Gasteiger partial charge in [0, 0.05) is 29.1 Å². The summed E-state index contributed by atoms with van der Waals surface area (Å²) in [6, 6.07) is 5.80. The minimum absolute atomic E-state index is 0.0315. The van der Waals surface area contributed by atoms with Crippen molar-refractivity contribution < 1.29 is 18.7 Å². The Bertz CT molecular complexity index is 1280. The summed E-state index contributed by atoms with van der Waals surface area (Å²) in [4.78, 5) is 39.5. The second-order valence-electron chi connectivity index (χ2n) is 7.98. The Kier molecular flexibility index (Phi) is 5.75. The summed E-state index contributed by atoms with van der Waals surface area (Å²) in [7, 11) is 0. The predicted octanol–water partition coefficient (Wildman–Crippen LogP) is 4.16. The highest BCUT2D eigenvalue weighted by atomic mass is 35.5. The highest BCUT2D eigenvalue weighted by Gasteiger charge is 2.29. The summed E-state index contributed by atoms with van der Waals surface area (Å²) < 4.78 is 11.2. The largest absolute Gasteiger partial charge is 0.451 e. The van der Waals surface area contributed by atoms with E-state index in [9.17, 15) is 14.4 Å². The van der Waals surface area contributed by atoms with E-state index in [0.29, 0.717) is 27.5 Å². The van der Waals surface area contributed by atoms with Gasteiger partial charge in [-0.25, -0.2) is 0 Å². The SMILES string of the molecule is O=C(Nc1sc2c(c1C(=O)NCC1CCCO1)CCC2)c1cc(=O)c2cc(Cl)ccc2o1. The number of halogens is 1. The van der Waals surface area contributed by atoms with E-state index in [1.807, 2.05) is 0 Å². The van der Waals surface area contributed by atoms with Gasteiger partial charge in [-0.2, -0.15) is 0 Å². The van der Waals surface area contributed by atoms with Gasteiger partial charge in [0.1, 0.15) is 10.6 Å². The number of benzene rings is 1. The van der Waals surface area contributed by atoms with Gasteiger partial charge in [0.2, 0.25) is 0 Å². The lowest BCUT2D eigenvalue weighted by Crippen LogP contribution is -2.32. The Morgan fingerprint density at radius 1 is 1.16 bits per heavy atom. The fourth-order valence-corrected chi connectivity index (χ4v) is 5.69. The number of carbonyl (C=O) groups excluding carboxylic acids is 2. The zero-order valence-corrected chi connectivity index (χ0v) is 18.7. The molecular weight excluding hydrogens is 452 g/mol. The van der Waals surface area contributed by atoms with Gasteiger partial charge in [0.05, 0.1) is 17.1 Å². The van der Waals surface area contributed by atoms with Gasteiger partial charge in [-0.1, -0.05) is 11.6 Å². The van der Waals surface area contributed by atoms with Gasteiger partial charge in [0.25, 0.3) is 11.8 Å². The van der Waals surface area contributed by atoms with Crippen LogP contribution in [0.15, 0.2) is 33.5 Å². The minimum Gasteiger partial charge on any atom is -0.451 e. The maximum absolute atomic E-state index is 13.0. The molecule has 1 saturated heterocycles. The monoisotopic (exact) mass is 472 g/mol. The van der Waals surface area contributed by atoms with Crippen molar-refractivity contribution in [2.45, 2.75) is 38.2 Å². The number of carbonyl (C=O) groups is 2. The first-order chi connectivity index (χ1) is 15.5. The van der Waals surface area contributed by atoms with E-state index in [-0.39, 0.29) is 28.8 Å². The van der Waals surface area contributed by atoms with Crippen molar-refractivity contribution in [3.63, 3.8) is 0 Å². The lowest BCUT2D eigenvalue weighted by atomic mass is 10.1. The molecule has 1 aliphatic heterocycles. The highest BCUT2D eigenvalue weighted by molar-refractivity contribution is 7.17. The molecule has 32 heavy (non-hydrogen) atoms. The molecular formula is C23H21ClN2O5S. The van der Waals surface area contributed by atoms with Gasteiger partial charge in [-0.15, -0.1) is 11.3 Å². The van der Waals surface area contributed by atoms with Gasteiger partial charge in [0.15, 0.2) is 11.2 Å². The number of fused-ring (bicyclic) bond motifs is 2. The molecule has 166 valence electrons. The standard InChI is InChI=1S/C23H21ClN2O5S/c24-12-6-7-17-15(9-12)16(27)10-18(31-17)21(28)26-23-20(14-4-1-5-19(14)32-23)22(29)25-11-13-3-2-8-30-13/h6-7,9-10,13H,1-5,8,11H2,(H,25,29)(H,26,28). The predicted molar refractivity (Wildman–Crippen MR) is 123 cm³/mol. The molecule has 7 nitrogen and oxygen atoms in total. The van der Waals surface area contributed by atoms with Crippen LogP contribution in [0, 0.1) is 0 Å². The molecule has 0 spiro atoms. The Hall–Kier alpha value is -2.68. The topological polar surface area (TPSA) is 97.6 Å². The zero-order valence-electron chi connectivity index (χ0n) is 17.2. The van der Waals surface area contributed by atoms with Crippen LogP contribution in [0.4, 0.5) is 5.00 Å². The summed E-state index contributed by atoms with van der Waals surface area (Å²) >= 11 is 7.35. The molecule has 0 saturated carbocycles. The van der Waals surface area contributed by atoms with Gasteiger partial charge in [-0.3, -0.25) is 14.4 Å². The van der Waals surface area contributed by atoms with Crippen molar-refractivity contribution in [1.29, 1.82) is 0 Å². The number of nitrogens with one attached hydrogen (secondary N) is 2. The smallest absolute Gasteiger partial charge is 0.292 e. The molecule has 0 radical (unpaired) electrons. The van der Waals surface area contributed by atoms with E-state index in [2.05, 4.69) is 10.6 Å². The molecule has 5 rings (SSSR count). The van der Waals surface area contributed by atoms with E-state index in [1.54, 1.807) is 12.1 Å². The molecule has 2 aromatic heterocycles. The maximum Gasteiger partial charge on any atom is 0.292 e. The van der Waals surface area contributed by atoms with Gasteiger partial charge >= 0.3 is 0 Å². The van der Waals surface area contributed by atoms with Crippen LogP contribution in [-0.2, 0) is 17.6 Å². The second kappa shape index (κ2) is 8.69. The van der Waals surface area contributed by atoms with Crippen LogP contribution in [0.25, 0.3) is 11.0 Å². The van der Waals surface area contributed by atoms with Gasteiger partial charge < -0.3 is 19.8 Å². The average Bonchev–Trinajstić information content (AvgIpc) is 3.50.